The number of sulfonamides is 1. The maximum Gasteiger partial charge on any atom is 0.241 e. The normalized spacial score (nSPS) is 12.9. The Kier molecular flexibility index (Phi) is 6.22. The maximum absolute atomic E-state index is 12.8. The molecular formula is C23H23NO2S. The van der Waals surface area contributed by atoms with Crippen molar-refractivity contribution in [1.82, 2.24) is 4.72 Å². The third-order valence-corrected chi connectivity index (χ3v) is 5.80. The molecule has 0 unspecified atom stereocenters. The van der Waals surface area contributed by atoms with Gasteiger partial charge in [0.2, 0.25) is 10.0 Å². The average molecular weight is 378 g/mol. The van der Waals surface area contributed by atoms with Gasteiger partial charge in [0.1, 0.15) is 0 Å². The summed E-state index contributed by atoms with van der Waals surface area (Å²) >= 11 is 0. The molecule has 0 saturated heterocycles. The van der Waals surface area contributed by atoms with Gasteiger partial charge in [0.15, 0.2) is 0 Å². The monoisotopic (exact) mass is 377 g/mol. The van der Waals surface area contributed by atoms with Crippen LogP contribution in [0.5, 0.6) is 0 Å². The zero-order valence-electron chi connectivity index (χ0n) is 15.2. The van der Waals surface area contributed by atoms with E-state index in [-0.39, 0.29) is 10.9 Å². The molecule has 3 aromatic rings. The number of nitrogens with one attached hydrogen (secondary N) is 1. The Labute approximate surface area is 161 Å². The van der Waals surface area contributed by atoms with Crippen LogP contribution < -0.4 is 4.72 Å². The first-order chi connectivity index (χ1) is 13.0. The molecule has 138 valence electrons. The molecule has 0 bridgehead atoms. The van der Waals surface area contributed by atoms with Crippen molar-refractivity contribution in [3.63, 3.8) is 0 Å². The Balaban J connectivity index is 1.82. The van der Waals surface area contributed by atoms with Gasteiger partial charge in [0.25, 0.3) is 0 Å². The van der Waals surface area contributed by atoms with E-state index < -0.39 is 10.0 Å². The van der Waals surface area contributed by atoms with Crippen LogP contribution in [-0.4, -0.2) is 8.42 Å². The van der Waals surface area contributed by atoms with Crippen molar-refractivity contribution in [2.24, 2.45) is 0 Å². The van der Waals surface area contributed by atoms with Crippen molar-refractivity contribution >= 4 is 16.1 Å². The van der Waals surface area contributed by atoms with Gasteiger partial charge in [-0.2, -0.15) is 0 Å². The summed E-state index contributed by atoms with van der Waals surface area (Å²) in [6.45, 7) is 1.94. The van der Waals surface area contributed by atoms with Crippen LogP contribution in [0.1, 0.15) is 29.2 Å². The lowest BCUT2D eigenvalue weighted by Crippen LogP contribution is -2.28. The molecule has 0 radical (unpaired) electrons. The van der Waals surface area contributed by atoms with E-state index >= 15 is 0 Å². The SMILES string of the molecule is Cc1ccc(S(=O)(=O)N[C@H](C/C=C/c2ccccc2)c2ccccc2)cc1. The molecule has 0 amide bonds. The molecule has 3 rings (SSSR count). The second-order valence-electron chi connectivity index (χ2n) is 6.45. The lowest BCUT2D eigenvalue weighted by molar-refractivity contribution is 0.558. The largest absolute Gasteiger partial charge is 0.241 e. The highest BCUT2D eigenvalue weighted by Gasteiger charge is 2.20. The molecule has 0 heterocycles. The summed E-state index contributed by atoms with van der Waals surface area (Å²) < 4.78 is 28.5. The Bertz CT molecular complexity index is 980. The minimum atomic E-state index is -3.60. The lowest BCUT2D eigenvalue weighted by atomic mass is 10.0. The van der Waals surface area contributed by atoms with Gasteiger partial charge in [-0.05, 0) is 36.6 Å². The molecular weight excluding hydrogens is 354 g/mol. The first kappa shape index (κ1) is 19.1. The fourth-order valence-electron chi connectivity index (χ4n) is 2.81. The highest BCUT2D eigenvalue weighted by Crippen LogP contribution is 2.21. The van der Waals surface area contributed by atoms with E-state index in [2.05, 4.69) is 4.72 Å². The highest BCUT2D eigenvalue weighted by molar-refractivity contribution is 7.89. The Morgan fingerprint density at radius 2 is 1.44 bits per heavy atom. The zero-order valence-corrected chi connectivity index (χ0v) is 16.1. The molecule has 27 heavy (non-hydrogen) atoms. The molecule has 0 fully saturated rings. The van der Waals surface area contributed by atoms with E-state index in [0.29, 0.717) is 6.42 Å². The van der Waals surface area contributed by atoms with Crippen molar-refractivity contribution in [2.45, 2.75) is 24.3 Å². The van der Waals surface area contributed by atoms with Crippen LogP contribution in [-0.2, 0) is 10.0 Å². The molecule has 3 nitrogen and oxygen atoms in total. The fourth-order valence-corrected chi connectivity index (χ4v) is 4.05. The van der Waals surface area contributed by atoms with Gasteiger partial charge in [-0.15, -0.1) is 0 Å². The number of hydrogen-bond acceptors (Lipinski definition) is 2. The second-order valence-corrected chi connectivity index (χ2v) is 8.16. The van der Waals surface area contributed by atoms with Crippen molar-refractivity contribution < 1.29 is 8.42 Å². The molecule has 0 saturated carbocycles. The summed E-state index contributed by atoms with van der Waals surface area (Å²) in [5, 5.41) is 0. The lowest BCUT2D eigenvalue weighted by Gasteiger charge is -2.18. The van der Waals surface area contributed by atoms with Gasteiger partial charge < -0.3 is 0 Å². The summed E-state index contributed by atoms with van der Waals surface area (Å²) in [6, 6.07) is 26.2. The van der Waals surface area contributed by atoms with Gasteiger partial charge in [-0.25, -0.2) is 13.1 Å². The summed E-state index contributed by atoms with van der Waals surface area (Å²) in [4.78, 5) is 0.279. The summed E-state index contributed by atoms with van der Waals surface area (Å²) in [7, 11) is -3.60. The molecule has 0 aromatic heterocycles. The van der Waals surface area contributed by atoms with E-state index in [0.717, 1.165) is 16.7 Å². The van der Waals surface area contributed by atoms with Crippen LogP contribution in [0.2, 0.25) is 0 Å². The first-order valence-corrected chi connectivity index (χ1v) is 10.4. The van der Waals surface area contributed by atoms with Crippen molar-refractivity contribution in [3.05, 3.63) is 108 Å². The third kappa shape index (κ3) is 5.39. The van der Waals surface area contributed by atoms with E-state index in [1.165, 1.54) is 0 Å². The van der Waals surface area contributed by atoms with Crippen LogP contribution in [0.25, 0.3) is 6.08 Å². The molecule has 0 spiro atoms. The van der Waals surface area contributed by atoms with Crippen molar-refractivity contribution in [3.8, 4) is 0 Å². The van der Waals surface area contributed by atoms with E-state index in [1.807, 2.05) is 79.7 Å². The fraction of sp³-hybridized carbons (Fsp3) is 0.130. The summed E-state index contributed by atoms with van der Waals surface area (Å²) in [6.07, 6.45) is 4.57. The molecule has 0 aliphatic carbocycles. The van der Waals surface area contributed by atoms with Crippen LogP contribution >= 0.6 is 0 Å². The second kappa shape index (κ2) is 8.80. The summed E-state index contributed by atoms with van der Waals surface area (Å²) in [5.74, 6) is 0. The van der Waals surface area contributed by atoms with Crippen molar-refractivity contribution in [1.29, 1.82) is 0 Å². The van der Waals surface area contributed by atoms with Crippen LogP contribution in [0.3, 0.4) is 0 Å². The minimum Gasteiger partial charge on any atom is -0.207 e. The Hall–Kier alpha value is -2.69. The van der Waals surface area contributed by atoms with Crippen LogP contribution in [0.4, 0.5) is 0 Å². The van der Waals surface area contributed by atoms with Gasteiger partial charge >= 0.3 is 0 Å². The molecule has 3 aromatic carbocycles. The van der Waals surface area contributed by atoms with Crippen LogP contribution in [0.15, 0.2) is 95.9 Å². The quantitative estimate of drug-likeness (QED) is 0.621. The van der Waals surface area contributed by atoms with E-state index in [1.54, 1.807) is 24.3 Å². The topological polar surface area (TPSA) is 46.2 Å². The predicted octanol–water partition coefficient (Wildman–Crippen LogP) is 5.12. The smallest absolute Gasteiger partial charge is 0.207 e. The Morgan fingerprint density at radius 1 is 0.852 bits per heavy atom. The molecule has 0 aliphatic heterocycles. The molecule has 4 heteroatoms. The van der Waals surface area contributed by atoms with Crippen LogP contribution in [0, 0.1) is 6.92 Å². The van der Waals surface area contributed by atoms with E-state index in [4.69, 9.17) is 0 Å². The number of benzene rings is 3. The third-order valence-electron chi connectivity index (χ3n) is 4.31. The standard InChI is InChI=1S/C23H23NO2S/c1-19-15-17-22(18-16-19)27(25,26)24-23(21-12-6-3-7-13-21)14-8-11-20-9-4-2-5-10-20/h2-13,15-18,23-24H,14H2,1H3/b11-8+/t23-/m1/s1. The van der Waals surface area contributed by atoms with Crippen molar-refractivity contribution in [2.75, 3.05) is 0 Å². The molecule has 0 aliphatic rings. The number of hydrogen-bond donors (Lipinski definition) is 1. The predicted molar refractivity (Wildman–Crippen MR) is 111 cm³/mol. The van der Waals surface area contributed by atoms with Gasteiger partial charge in [-0.1, -0.05) is 90.5 Å². The van der Waals surface area contributed by atoms with Gasteiger partial charge in [0.05, 0.1) is 10.9 Å². The first-order valence-electron chi connectivity index (χ1n) is 8.90. The van der Waals surface area contributed by atoms with Gasteiger partial charge in [-0.3, -0.25) is 0 Å². The minimum absolute atomic E-state index is 0.279. The Morgan fingerprint density at radius 3 is 2.07 bits per heavy atom. The van der Waals surface area contributed by atoms with E-state index in [9.17, 15) is 8.42 Å². The molecule has 1 atom stereocenters. The average Bonchev–Trinajstić information content (AvgIpc) is 2.69. The zero-order chi connectivity index (χ0) is 19.1. The highest BCUT2D eigenvalue weighted by atomic mass is 32.2. The number of rotatable bonds is 7. The summed E-state index contributed by atoms with van der Waals surface area (Å²) in [5.41, 5.74) is 3.05. The van der Waals surface area contributed by atoms with Gasteiger partial charge in [0, 0.05) is 0 Å². The number of aryl methyl sites for hydroxylation is 1. The molecule has 1 N–H and O–H groups in total. The maximum atomic E-state index is 12.8.